The lowest BCUT2D eigenvalue weighted by atomic mass is 10.0. The maximum absolute atomic E-state index is 13.5. The van der Waals surface area contributed by atoms with Crippen molar-refractivity contribution in [3.63, 3.8) is 0 Å². The van der Waals surface area contributed by atoms with Crippen LogP contribution in [0, 0.1) is 11.7 Å². The minimum Gasteiger partial charge on any atom is -0.380 e. The van der Waals surface area contributed by atoms with Gasteiger partial charge in [0.1, 0.15) is 5.82 Å². The number of fused-ring (bicyclic) bond motifs is 1. The maximum atomic E-state index is 13.5. The van der Waals surface area contributed by atoms with E-state index in [1.807, 2.05) is 11.5 Å². The van der Waals surface area contributed by atoms with Crippen LogP contribution >= 0.6 is 11.6 Å². The van der Waals surface area contributed by atoms with Crippen LogP contribution in [0.4, 0.5) is 10.3 Å². The lowest BCUT2D eigenvalue weighted by Crippen LogP contribution is -2.22. The number of hydrogen-bond acceptors (Lipinski definition) is 3. The minimum atomic E-state index is -0.491. The molecule has 0 amide bonds. The molecule has 110 valence electrons. The molecule has 1 aromatic carbocycles. The molecule has 1 atom stereocenters. The highest BCUT2D eigenvalue weighted by Gasteiger charge is 2.22. The molecular formula is C14H19ClFN3O. The van der Waals surface area contributed by atoms with Crippen LogP contribution in [0.5, 0.6) is 0 Å². The van der Waals surface area contributed by atoms with E-state index >= 15 is 0 Å². The number of rotatable bonds is 5. The number of halogens is 2. The van der Waals surface area contributed by atoms with Crippen molar-refractivity contribution in [1.29, 1.82) is 0 Å². The topological polar surface area (TPSA) is 53.1 Å². The lowest BCUT2D eigenvalue weighted by molar-refractivity contribution is 0.0987. The van der Waals surface area contributed by atoms with Crippen LogP contribution in [0.2, 0.25) is 5.02 Å². The lowest BCUT2D eigenvalue weighted by Gasteiger charge is -2.24. The van der Waals surface area contributed by atoms with E-state index in [1.165, 1.54) is 6.07 Å². The zero-order valence-electron chi connectivity index (χ0n) is 11.9. The third kappa shape index (κ3) is 2.74. The second kappa shape index (κ2) is 5.97. The van der Waals surface area contributed by atoms with Crippen molar-refractivity contribution in [1.82, 2.24) is 9.55 Å². The van der Waals surface area contributed by atoms with Gasteiger partial charge >= 0.3 is 0 Å². The smallest absolute Gasteiger partial charge is 0.201 e. The molecule has 1 aromatic heterocycles. The van der Waals surface area contributed by atoms with E-state index in [9.17, 15) is 4.39 Å². The molecule has 0 saturated heterocycles. The molecule has 4 nitrogen and oxygen atoms in total. The molecule has 0 aliphatic carbocycles. The molecule has 1 unspecified atom stereocenters. The van der Waals surface area contributed by atoms with Crippen LogP contribution in [-0.2, 0) is 4.74 Å². The molecule has 2 rings (SSSR count). The van der Waals surface area contributed by atoms with Crippen molar-refractivity contribution in [3.05, 3.63) is 23.0 Å². The Kier molecular flexibility index (Phi) is 4.50. The molecule has 0 radical (unpaired) electrons. The highest BCUT2D eigenvalue weighted by molar-refractivity contribution is 6.31. The Morgan fingerprint density at radius 3 is 2.75 bits per heavy atom. The Labute approximate surface area is 122 Å². The maximum Gasteiger partial charge on any atom is 0.201 e. The van der Waals surface area contributed by atoms with Gasteiger partial charge < -0.3 is 15.0 Å². The molecule has 0 saturated carbocycles. The largest absolute Gasteiger partial charge is 0.380 e. The van der Waals surface area contributed by atoms with Crippen molar-refractivity contribution < 1.29 is 9.13 Å². The van der Waals surface area contributed by atoms with E-state index in [0.29, 0.717) is 30.6 Å². The Hall–Kier alpha value is -1.33. The van der Waals surface area contributed by atoms with Crippen LogP contribution in [0.1, 0.15) is 26.8 Å². The number of nitrogen functional groups attached to an aromatic ring is 1. The summed E-state index contributed by atoms with van der Waals surface area (Å²) in [5, 5.41) is 0.0672. The second-order valence-electron chi connectivity index (χ2n) is 5.07. The number of benzene rings is 1. The van der Waals surface area contributed by atoms with Crippen molar-refractivity contribution >= 4 is 28.6 Å². The van der Waals surface area contributed by atoms with Gasteiger partial charge in [0.2, 0.25) is 5.95 Å². The van der Waals surface area contributed by atoms with Gasteiger partial charge in [-0.1, -0.05) is 25.4 Å². The van der Waals surface area contributed by atoms with Gasteiger partial charge in [-0.05, 0) is 18.9 Å². The van der Waals surface area contributed by atoms with Crippen LogP contribution in [0.3, 0.4) is 0 Å². The first-order valence-corrected chi connectivity index (χ1v) is 7.03. The first-order valence-electron chi connectivity index (χ1n) is 6.65. The van der Waals surface area contributed by atoms with Gasteiger partial charge in [-0.15, -0.1) is 0 Å². The number of nitrogens with two attached hydrogens (primary N) is 1. The van der Waals surface area contributed by atoms with Gasteiger partial charge in [-0.25, -0.2) is 9.37 Å². The van der Waals surface area contributed by atoms with Crippen LogP contribution < -0.4 is 5.73 Å². The Morgan fingerprint density at radius 1 is 1.45 bits per heavy atom. The van der Waals surface area contributed by atoms with E-state index in [-0.39, 0.29) is 11.1 Å². The van der Waals surface area contributed by atoms with Gasteiger partial charge in [-0.2, -0.15) is 0 Å². The van der Waals surface area contributed by atoms with Gasteiger partial charge in [-0.3, -0.25) is 0 Å². The van der Waals surface area contributed by atoms with Crippen molar-refractivity contribution in [2.75, 3.05) is 18.9 Å². The number of ether oxygens (including phenoxy) is 1. The third-order valence-corrected chi connectivity index (χ3v) is 3.64. The normalized spacial score (nSPS) is 13.3. The molecule has 20 heavy (non-hydrogen) atoms. The fourth-order valence-electron chi connectivity index (χ4n) is 2.26. The van der Waals surface area contributed by atoms with Crippen LogP contribution in [-0.4, -0.2) is 22.8 Å². The van der Waals surface area contributed by atoms with Gasteiger partial charge in [0.15, 0.2) is 0 Å². The average Bonchev–Trinajstić information content (AvgIpc) is 2.67. The van der Waals surface area contributed by atoms with Gasteiger partial charge in [0.25, 0.3) is 0 Å². The Morgan fingerprint density at radius 2 is 2.15 bits per heavy atom. The number of hydrogen-bond donors (Lipinski definition) is 1. The first kappa shape index (κ1) is 15.1. The highest BCUT2D eigenvalue weighted by Crippen LogP contribution is 2.30. The molecular weight excluding hydrogens is 281 g/mol. The summed E-state index contributed by atoms with van der Waals surface area (Å²) in [5.74, 6) is 0.153. The van der Waals surface area contributed by atoms with Crippen molar-refractivity contribution in [3.8, 4) is 0 Å². The summed E-state index contributed by atoms with van der Waals surface area (Å²) >= 11 is 5.87. The van der Waals surface area contributed by atoms with E-state index in [0.717, 1.165) is 5.52 Å². The van der Waals surface area contributed by atoms with E-state index in [2.05, 4.69) is 18.8 Å². The molecule has 0 aliphatic heterocycles. The summed E-state index contributed by atoms with van der Waals surface area (Å²) in [6, 6.07) is 2.90. The first-order chi connectivity index (χ1) is 9.45. The Bertz CT molecular complexity index is 612. The van der Waals surface area contributed by atoms with Crippen molar-refractivity contribution in [2.45, 2.75) is 26.8 Å². The fraction of sp³-hybridized carbons (Fsp3) is 0.500. The minimum absolute atomic E-state index is 0.0291. The summed E-state index contributed by atoms with van der Waals surface area (Å²) in [7, 11) is 0. The summed E-state index contributed by atoms with van der Waals surface area (Å²) in [6.45, 7) is 7.27. The fourth-order valence-corrected chi connectivity index (χ4v) is 2.42. The predicted molar refractivity (Wildman–Crippen MR) is 79.5 cm³/mol. The molecule has 0 bridgehead atoms. The van der Waals surface area contributed by atoms with E-state index in [1.54, 1.807) is 6.07 Å². The molecule has 6 heteroatoms. The van der Waals surface area contributed by atoms with Gasteiger partial charge in [0.05, 0.1) is 28.7 Å². The molecule has 0 aliphatic rings. The van der Waals surface area contributed by atoms with Crippen molar-refractivity contribution in [2.24, 2.45) is 5.92 Å². The summed E-state index contributed by atoms with van der Waals surface area (Å²) in [6.07, 6.45) is 0. The van der Waals surface area contributed by atoms with Crippen LogP contribution in [0.25, 0.3) is 11.0 Å². The molecule has 2 N–H and O–H groups in total. The molecule has 0 spiro atoms. The predicted octanol–water partition coefficient (Wildman–Crippen LogP) is 3.64. The monoisotopic (exact) mass is 299 g/mol. The summed E-state index contributed by atoms with van der Waals surface area (Å²) in [5.41, 5.74) is 7.23. The zero-order chi connectivity index (χ0) is 14.9. The Balaban J connectivity index is 2.56. The number of imidazole rings is 1. The average molecular weight is 300 g/mol. The third-order valence-electron chi connectivity index (χ3n) is 3.35. The zero-order valence-corrected chi connectivity index (χ0v) is 12.6. The van der Waals surface area contributed by atoms with E-state index in [4.69, 9.17) is 22.1 Å². The number of aromatic nitrogens is 2. The molecule has 1 heterocycles. The molecule has 0 fully saturated rings. The summed E-state index contributed by atoms with van der Waals surface area (Å²) < 4.78 is 20.9. The molecule has 2 aromatic rings. The number of anilines is 1. The second-order valence-corrected chi connectivity index (χ2v) is 5.47. The van der Waals surface area contributed by atoms with E-state index < -0.39 is 5.82 Å². The highest BCUT2D eigenvalue weighted by atomic mass is 35.5. The number of nitrogens with zero attached hydrogens (tertiary/aromatic N) is 2. The quantitative estimate of drug-likeness (QED) is 0.917. The standard InChI is InChI=1S/C14H19ClFN3O/c1-4-20-7-13(8(2)3)19-12-5-9(15)10(16)6-11(12)18-14(19)17/h5-6,8,13H,4,7H2,1-3H3,(H2,17,18). The van der Waals surface area contributed by atoms with Gasteiger partial charge in [0, 0.05) is 12.7 Å². The summed E-state index contributed by atoms with van der Waals surface area (Å²) in [4.78, 5) is 4.21. The van der Waals surface area contributed by atoms with Crippen LogP contribution in [0.15, 0.2) is 12.1 Å². The SMILES string of the molecule is CCOCC(C(C)C)n1c(N)nc2cc(F)c(Cl)cc21.